The van der Waals surface area contributed by atoms with E-state index in [4.69, 9.17) is 10.8 Å². The maximum Gasteiger partial charge on any atom is 0.338 e. The lowest BCUT2D eigenvalue weighted by molar-refractivity contribution is -0.132. The summed E-state index contributed by atoms with van der Waals surface area (Å²) in [7, 11) is 0. The normalized spacial score (nSPS) is 11.7. The molecule has 0 rings (SSSR count). The van der Waals surface area contributed by atoms with Gasteiger partial charge in [0, 0.05) is 5.70 Å². The van der Waals surface area contributed by atoms with Crippen LogP contribution >= 0.6 is 0 Å². The predicted octanol–water partition coefficient (Wildman–Crippen LogP) is 1.05. The zero-order valence-corrected chi connectivity index (χ0v) is 6.42. The molecule has 0 aromatic heterocycles. The van der Waals surface area contributed by atoms with Crippen molar-refractivity contribution in [2.75, 3.05) is 0 Å². The van der Waals surface area contributed by atoms with Crippen molar-refractivity contribution in [3.8, 4) is 0 Å². The Morgan fingerprint density at radius 1 is 1.64 bits per heavy atom. The highest BCUT2D eigenvalue weighted by molar-refractivity contribution is 5.92. The molecule has 0 aliphatic carbocycles. The third kappa shape index (κ3) is 2.29. The zero-order chi connectivity index (χ0) is 9.02. The number of carboxylic acids is 1. The Morgan fingerprint density at radius 2 is 2.09 bits per heavy atom. The standard InChI is InChI=1S/C8H11NO2/c1-4-6(9)7(5(2)3)8(10)11/h4H,1-2,9H2,3H3,(H,10,11)/b7-6-. The predicted molar refractivity (Wildman–Crippen MR) is 43.9 cm³/mol. The maximum atomic E-state index is 10.5. The minimum absolute atomic E-state index is 0.0278. The molecule has 0 fully saturated rings. The van der Waals surface area contributed by atoms with E-state index in [0.29, 0.717) is 5.57 Å². The van der Waals surface area contributed by atoms with E-state index in [1.54, 1.807) is 6.92 Å². The first-order valence-corrected chi connectivity index (χ1v) is 3.02. The van der Waals surface area contributed by atoms with Gasteiger partial charge in [0.25, 0.3) is 0 Å². The first kappa shape index (κ1) is 9.49. The van der Waals surface area contributed by atoms with Crippen molar-refractivity contribution >= 4 is 5.97 Å². The summed E-state index contributed by atoms with van der Waals surface area (Å²) in [6.07, 6.45) is 1.29. The molecule has 0 bridgehead atoms. The van der Waals surface area contributed by atoms with E-state index in [9.17, 15) is 4.79 Å². The molecule has 0 amide bonds. The summed E-state index contributed by atoms with van der Waals surface area (Å²) >= 11 is 0. The monoisotopic (exact) mass is 153 g/mol. The lowest BCUT2D eigenvalue weighted by Crippen LogP contribution is -2.09. The number of allylic oxidation sites excluding steroid dienone is 1. The van der Waals surface area contributed by atoms with Crippen molar-refractivity contribution in [1.29, 1.82) is 0 Å². The van der Waals surface area contributed by atoms with Crippen LogP contribution < -0.4 is 5.73 Å². The van der Waals surface area contributed by atoms with Gasteiger partial charge in [-0.1, -0.05) is 13.2 Å². The second-order valence-electron chi connectivity index (χ2n) is 2.12. The van der Waals surface area contributed by atoms with E-state index in [-0.39, 0.29) is 11.3 Å². The highest BCUT2D eigenvalue weighted by Crippen LogP contribution is 2.09. The number of hydrogen-bond acceptors (Lipinski definition) is 2. The van der Waals surface area contributed by atoms with Crippen LogP contribution in [0.3, 0.4) is 0 Å². The number of rotatable bonds is 3. The summed E-state index contributed by atoms with van der Waals surface area (Å²) in [5, 5.41) is 8.60. The molecule has 0 aliphatic heterocycles. The first-order chi connectivity index (χ1) is 5.00. The third-order valence-electron chi connectivity index (χ3n) is 1.15. The summed E-state index contributed by atoms with van der Waals surface area (Å²) in [5.74, 6) is -1.07. The molecule has 0 saturated carbocycles. The molecule has 0 aromatic rings. The first-order valence-electron chi connectivity index (χ1n) is 3.02. The summed E-state index contributed by atoms with van der Waals surface area (Å²) in [4.78, 5) is 10.5. The van der Waals surface area contributed by atoms with Crippen LogP contribution in [0.1, 0.15) is 6.92 Å². The molecule has 0 radical (unpaired) electrons. The van der Waals surface area contributed by atoms with E-state index < -0.39 is 5.97 Å². The van der Waals surface area contributed by atoms with Crippen molar-refractivity contribution in [3.05, 3.63) is 36.1 Å². The maximum absolute atomic E-state index is 10.5. The van der Waals surface area contributed by atoms with Crippen LogP contribution in [0.5, 0.6) is 0 Å². The average molecular weight is 153 g/mol. The molecule has 3 heteroatoms. The highest BCUT2D eigenvalue weighted by atomic mass is 16.4. The Balaban J connectivity index is 5.04. The number of hydrogen-bond donors (Lipinski definition) is 2. The second kappa shape index (κ2) is 3.61. The van der Waals surface area contributed by atoms with Crippen LogP contribution in [0, 0.1) is 0 Å². The molecule has 0 saturated heterocycles. The average Bonchev–Trinajstić information content (AvgIpc) is 1.85. The van der Waals surface area contributed by atoms with Gasteiger partial charge in [0.15, 0.2) is 0 Å². The number of aliphatic carboxylic acids is 1. The van der Waals surface area contributed by atoms with E-state index in [2.05, 4.69) is 13.2 Å². The fourth-order valence-electron chi connectivity index (χ4n) is 0.654. The molecular weight excluding hydrogens is 142 g/mol. The molecule has 0 aliphatic rings. The molecule has 11 heavy (non-hydrogen) atoms. The van der Waals surface area contributed by atoms with E-state index >= 15 is 0 Å². The van der Waals surface area contributed by atoms with E-state index in [1.807, 2.05) is 0 Å². The van der Waals surface area contributed by atoms with Crippen LogP contribution in [-0.2, 0) is 4.79 Å². The second-order valence-corrected chi connectivity index (χ2v) is 2.12. The van der Waals surface area contributed by atoms with Crippen LogP contribution in [0.2, 0.25) is 0 Å². The molecule has 0 heterocycles. The van der Waals surface area contributed by atoms with Gasteiger partial charge >= 0.3 is 5.97 Å². The van der Waals surface area contributed by atoms with Crippen molar-refractivity contribution in [1.82, 2.24) is 0 Å². The number of carbonyl (C=O) groups is 1. The molecule has 3 N–H and O–H groups in total. The Hall–Kier alpha value is -1.51. The van der Waals surface area contributed by atoms with Gasteiger partial charge in [-0.2, -0.15) is 0 Å². The molecule has 0 unspecified atom stereocenters. The van der Waals surface area contributed by atoms with E-state index in [1.165, 1.54) is 6.08 Å². The van der Waals surface area contributed by atoms with Crippen molar-refractivity contribution in [2.24, 2.45) is 5.73 Å². The van der Waals surface area contributed by atoms with Crippen molar-refractivity contribution in [2.45, 2.75) is 6.92 Å². The van der Waals surface area contributed by atoms with Crippen molar-refractivity contribution in [3.63, 3.8) is 0 Å². The lowest BCUT2D eigenvalue weighted by Gasteiger charge is -2.02. The summed E-state index contributed by atoms with van der Waals surface area (Å²) in [5.41, 5.74) is 5.94. The van der Waals surface area contributed by atoms with E-state index in [0.717, 1.165) is 0 Å². The van der Waals surface area contributed by atoms with Gasteiger partial charge < -0.3 is 10.8 Å². The van der Waals surface area contributed by atoms with Crippen LogP contribution in [0.4, 0.5) is 0 Å². The fourth-order valence-corrected chi connectivity index (χ4v) is 0.654. The molecule has 60 valence electrons. The Bertz CT molecular complexity index is 222. The number of carboxylic acid groups (broad SMARTS) is 1. The van der Waals surface area contributed by atoms with Gasteiger partial charge in [0.2, 0.25) is 0 Å². The fraction of sp³-hybridized carbons (Fsp3) is 0.125. The molecule has 0 aromatic carbocycles. The summed E-state index contributed by atoms with van der Waals surface area (Å²) in [6.45, 7) is 8.42. The highest BCUT2D eigenvalue weighted by Gasteiger charge is 2.10. The van der Waals surface area contributed by atoms with Gasteiger partial charge in [-0.05, 0) is 18.6 Å². The Morgan fingerprint density at radius 3 is 2.18 bits per heavy atom. The Kier molecular flexibility index (Phi) is 3.11. The topological polar surface area (TPSA) is 63.3 Å². The quantitative estimate of drug-likeness (QED) is 0.470. The van der Waals surface area contributed by atoms with Gasteiger partial charge in [-0.15, -0.1) is 0 Å². The van der Waals surface area contributed by atoms with Crippen LogP contribution in [0.25, 0.3) is 0 Å². The SMILES string of the molecule is C=C/C(N)=C(\C(=C)C)C(=O)O. The summed E-state index contributed by atoms with van der Waals surface area (Å²) in [6, 6.07) is 0. The molecule has 3 nitrogen and oxygen atoms in total. The van der Waals surface area contributed by atoms with Gasteiger partial charge in [-0.25, -0.2) is 4.79 Å². The van der Waals surface area contributed by atoms with Crippen LogP contribution in [0.15, 0.2) is 36.1 Å². The van der Waals surface area contributed by atoms with Gasteiger partial charge in [0.05, 0.1) is 5.57 Å². The number of nitrogens with two attached hydrogens (primary N) is 1. The minimum atomic E-state index is -1.07. The van der Waals surface area contributed by atoms with Gasteiger partial charge in [0.1, 0.15) is 0 Å². The zero-order valence-electron chi connectivity index (χ0n) is 6.42. The Labute approximate surface area is 65.5 Å². The summed E-state index contributed by atoms with van der Waals surface area (Å²) < 4.78 is 0. The molecule has 0 spiro atoms. The lowest BCUT2D eigenvalue weighted by atomic mass is 10.1. The van der Waals surface area contributed by atoms with Gasteiger partial charge in [-0.3, -0.25) is 0 Å². The largest absolute Gasteiger partial charge is 0.478 e. The smallest absolute Gasteiger partial charge is 0.338 e. The molecule has 0 atom stereocenters. The van der Waals surface area contributed by atoms with Crippen LogP contribution in [-0.4, -0.2) is 11.1 Å². The third-order valence-corrected chi connectivity index (χ3v) is 1.15. The minimum Gasteiger partial charge on any atom is -0.478 e. The van der Waals surface area contributed by atoms with Crippen molar-refractivity contribution < 1.29 is 9.90 Å². The molecular formula is C8H11NO2.